The van der Waals surface area contributed by atoms with Crippen molar-refractivity contribution in [2.24, 2.45) is 11.7 Å². The molecule has 2 rings (SSSR count). The number of hydrogen-bond acceptors (Lipinski definition) is 3. The molecule has 0 saturated heterocycles. The summed E-state index contributed by atoms with van der Waals surface area (Å²) in [4.78, 5) is 1.20. The first kappa shape index (κ1) is 12.0. The number of nitrogens with two attached hydrogens (primary N) is 1. The normalized spacial score (nSPS) is 19.4. The monoisotopic (exact) mass is 237 g/mol. The van der Waals surface area contributed by atoms with Crippen molar-refractivity contribution in [3.8, 4) is 0 Å². The molecule has 0 spiro atoms. The van der Waals surface area contributed by atoms with Crippen LogP contribution >= 0.6 is 11.8 Å². The summed E-state index contributed by atoms with van der Waals surface area (Å²) < 4.78 is 0. The van der Waals surface area contributed by atoms with Crippen LogP contribution in [-0.2, 0) is 0 Å². The average molecular weight is 237 g/mol. The Labute approximate surface area is 101 Å². The summed E-state index contributed by atoms with van der Waals surface area (Å²) in [5.41, 5.74) is 7.39. The van der Waals surface area contributed by atoms with Crippen LogP contribution < -0.4 is 5.73 Å². The highest BCUT2D eigenvalue weighted by atomic mass is 32.2. The maximum absolute atomic E-state index is 9.40. The van der Waals surface area contributed by atoms with Gasteiger partial charge in [-0.1, -0.05) is 17.7 Å². The number of hydrogen-bond donors (Lipinski definition) is 2. The zero-order valence-corrected chi connectivity index (χ0v) is 10.4. The minimum Gasteiger partial charge on any atom is -0.395 e. The molecule has 0 aromatic heterocycles. The van der Waals surface area contributed by atoms with Gasteiger partial charge < -0.3 is 10.8 Å². The van der Waals surface area contributed by atoms with Crippen molar-refractivity contribution >= 4 is 11.8 Å². The Kier molecular flexibility index (Phi) is 3.90. The maximum Gasteiger partial charge on any atom is 0.0568 e. The topological polar surface area (TPSA) is 46.2 Å². The van der Waals surface area contributed by atoms with Gasteiger partial charge in [-0.3, -0.25) is 0 Å². The molecule has 0 heterocycles. The zero-order valence-electron chi connectivity index (χ0n) is 9.60. The van der Waals surface area contributed by atoms with Crippen LogP contribution in [0, 0.1) is 12.8 Å². The Balaban J connectivity index is 2.00. The smallest absolute Gasteiger partial charge is 0.0568 e. The second-order valence-electron chi connectivity index (χ2n) is 4.57. The van der Waals surface area contributed by atoms with Gasteiger partial charge in [-0.05, 0) is 37.8 Å². The lowest BCUT2D eigenvalue weighted by Gasteiger charge is -2.21. The second kappa shape index (κ2) is 5.21. The molecule has 0 radical (unpaired) electrons. The highest BCUT2D eigenvalue weighted by molar-refractivity contribution is 8.00. The molecule has 0 amide bonds. The summed E-state index contributed by atoms with van der Waals surface area (Å²) in [7, 11) is 0. The fraction of sp³-hybridized carbons (Fsp3) is 0.538. The maximum atomic E-state index is 9.40. The molecule has 0 bridgehead atoms. The molecule has 88 valence electrons. The molecule has 1 saturated carbocycles. The van der Waals surface area contributed by atoms with Crippen molar-refractivity contribution < 1.29 is 5.11 Å². The van der Waals surface area contributed by atoms with E-state index in [1.165, 1.54) is 23.3 Å². The highest BCUT2D eigenvalue weighted by Gasteiger charge is 2.34. The summed E-state index contributed by atoms with van der Waals surface area (Å²) in [6, 6.07) is 8.50. The number of aryl methyl sites for hydroxylation is 1. The lowest BCUT2D eigenvalue weighted by atomic mass is 10.1. The predicted octanol–water partition coefficient (Wildman–Crippen LogP) is 2.19. The van der Waals surface area contributed by atoms with Crippen LogP contribution in [-0.4, -0.2) is 23.0 Å². The Morgan fingerprint density at radius 2 is 2.25 bits per heavy atom. The van der Waals surface area contributed by atoms with Crippen LogP contribution in [0.4, 0.5) is 0 Å². The van der Waals surface area contributed by atoms with E-state index in [9.17, 15) is 5.11 Å². The fourth-order valence-corrected chi connectivity index (χ4v) is 3.10. The SMILES string of the molecule is Cc1cccc(SC(CO)C(N)C2CC2)c1. The third-order valence-corrected chi connectivity index (χ3v) is 4.34. The van der Waals surface area contributed by atoms with Crippen molar-refractivity contribution in [1.29, 1.82) is 0 Å². The fourth-order valence-electron chi connectivity index (χ4n) is 1.89. The first-order chi connectivity index (χ1) is 7.70. The van der Waals surface area contributed by atoms with E-state index in [2.05, 4.69) is 31.2 Å². The third-order valence-electron chi connectivity index (χ3n) is 3.05. The lowest BCUT2D eigenvalue weighted by molar-refractivity contribution is 0.277. The molecule has 1 aromatic rings. The molecule has 2 nitrogen and oxygen atoms in total. The van der Waals surface area contributed by atoms with Crippen LogP contribution in [0.5, 0.6) is 0 Å². The molecular formula is C13H19NOS. The van der Waals surface area contributed by atoms with Gasteiger partial charge in [0.25, 0.3) is 0 Å². The van der Waals surface area contributed by atoms with E-state index in [1.54, 1.807) is 11.8 Å². The van der Waals surface area contributed by atoms with Crippen molar-refractivity contribution in [2.75, 3.05) is 6.61 Å². The van der Waals surface area contributed by atoms with E-state index in [0.717, 1.165) is 0 Å². The van der Waals surface area contributed by atoms with Gasteiger partial charge in [-0.2, -0.15) is 0 Å². The summed E-state index contributed by atoms with van der Waals surface area (Å²) in [6.45, 7) is 2.25. The number of rotatable bonds is 5. The Hall–Kier alpha value is -0.510. The molecule has 1 fully saturated rings. The van der Waals surface area contributed by atoms with Crippen LogP contribution in [0.1, 0.15) is 18.4 Å². The van der Waals surface area contributed by atoms with E-state index < -0.39 is 0 Å². The molecule has 2 atom stereocenters. The molecule has 16 heavy (non-hydrogen) atoms. The van der Waals surface area contributed by atoms with E-state index >= 15 is 0 Å². The highest BCUT2D eigenvalue weighted by Crippen LogP contribution is 2.37. The standard InChI is InChI=1S/C13H19NOS/c1-9-3-2-4-11(7-9)16-12(8-15)13(14)10-5-6-10/h2-4,7,10,12-13,15H,5-6,8,14H2,1H3. The molecule has 2 unspecified atom stereocenters. The summed E-state index contributed by atoms with van der Waals surface area (Å²) in [5, 5.41) is 9.54. The van der Waals surface area contributed by atoms with Gasteiger partial charge in [0.2, 0.25) is 0 Å². The average Bonchev–Trinajstić information content (AvgIpc) is 3.09. The molecule has 0 aliphatic heterocycles. The number of benzene rings is 1. The summed E-state index contributed by atoms with van der Waals surface area (Å²) in [5.74, 6) is 0.634. The number of aliphatic hydroxyl groups excluding tert-OH is 1. The minimum absolute atomic E-state index is 0.134. The van der Waals surface area contributed by atoms with E-state index in [-0.39, 0.29) is 17.9 Å². The van der Waals surface area contributed by atoms with Crippen LogP contribution in [0.2, 0.25) is 0 Å². The van der Waals surface area contributed by atoms with Crippen LogP contribution in [0.3, 0.4) is 0 Å². The van der Waals surface area contributed by atoms with Gasteiger partial charge >= 0.3 is 0 Å². The van der Waals surface area contributed by atoms with Crippen LogP contribution in [0.25, 0.3) is 0 Å². The molecule has 1 aromatic carbocycles. The quantitative estimate of drug-likeness (QED) is 0.772. The van der Waals surface area contributed by atoms with Crippen molar-refractivity contribution in [3.05, 3.63) is 29.8 Å². The number of aliphatic hydroxyl groups is 1. The van der Waals surface area contributed by atoms with E-state index in [4.69, 9.17) is 5.73 Å². The van der Waals surface area contributed by atoms with Gasteiger partial charge in [0.15, 0.2) is 0 Å². The van der Waals surface area contributed by atoms with Gasteiger partial charge in [0.1, 0.15) is 0 Å². The van der Waals surface area contributed by atoms with Crippen molar-refractivity contribution in [2.45, 2.75) is 36.0 Å². The Bertz CT molecular complexity index is 352. The van der Waals surface area contributed by atoms with Crippen molar-refractivity contribution in [3.63, 3.8) is 0 Å². The molecule has 3 heteroatoms. The van der Waals surface area contributed by atoms with E-state index in [0.29, 0.717) is 5.92 Å². The van der Waals surface area contributed by atoms with Gasteiger partial charge in [-0.15, -0.1) is 11.8 Å². The van der Waals surface area contributed by atoms with Crippen molar-refractivity contribution in [1.82, 2.24) is 0 Å². The molecule has 1 aliphatic carbocycles. The first-order valence-corrected chi connectivity index (χ1v) is 6.68. The largest absolute Gasteiger partial charge is 0.395 e. The van der Waals surface area contributed by atoms with E-state index in [1.807, 2.05) is 0 Å². The molecule has 1 aliphatic rings. The summed E-state index contributed by atoms with van der Waals surface area (Å²) in [6.07, 6.45) is 2.46. The Morgan fingerprint density at radius 3 is 2.81 bits per heavy atom. The summed E-state index contributed by atoms with van der Waals surface area (Å²) >= 11 is 1.70. The second-order valence-corrected chi connectivity index (χ2v) is 5.88. The number of thioether (sulfide) groups is 1. The minimum atomic E-state index is 0.134. The third kappa shape index (κ3) is 3.00. The van der Waals surface area contributed by atoms with Gasteiger partial charge in [-0.25, -0.2) is 0 Å². The lowest BCUT2D eigenvalue weighted by Crippen LogP contribution is -2.36. The van der Waals surface area contributed by atoms with Crippen LogP contribution in [0.15, 0.2) is 29.2 Å². The first-order valence-electron chi connectivity index (χ1n) is 5.80. The zero-order chi connectivity index (χ0) is 11.5. The Morgan fingerprint density at radius 1 is 1.50 bits per heavy atom. The van der Waals surface area contributed by atoms with Gasteiger partial charge in [0, 0.05) is 16.2 Å². The van der Waals surface area contributed by atoms with Gasteiger partial charge in [0.05, 0.1) is 6.61 Å². The molecular weight excluding hydrogens is 218 g/mol. The predicted molar refractivity (Wildman–Crippen MR) is 68.6 cm³/mol. The molecule has 3 N–H and O–H groups in total.